The van der Waals surface area contributed by atoms with Crippen LogP contribution in [0.2, 0.25) is 0 Å². The number of methoxy groups -OCH3 is 1. The number of rotatable bonds is 7. The zero-order chi connectivity index (χ0) is 24.9. The molecule has 1 aliphatic heterocycles. The fourth-order valence-corrected chi connectivity index (χ4v) is 4.62. The minimum absolute atomic E-state index is 0.114. The summed E-state index contributed by atoms with van der Waals surface area (Å²) in [4.78, 5) is 26.7. The van der Waals surface area contributed by atoms with Crippen LogP contribution in [-0.4, -0.2) is 29.9 Å². The summed E-state index contributed by atoms with van der Waals surface area (Å²) in [5, 5.41) is 2.77. The minimum atomic E-state index is -0.528. The molecule has 6 nitrogen and oxygen atoms in total. The van der Waals surface area contributed by atoms with Crippen molar-refractivity contribution >= 4 is 57.6 Å². The number of carbonyl (C=O) groups excluding carboxylic acids is 2. The van der Waals surface area contributed by atoms with E-state index in [2.05, 4.69) is 5.32 Å². The van der Waals surface area contributed by atoms with E-state index in [4.69, 9.17) is 21.7 Å². The number of aryl methyl sites for hydroxylation is 1. The van der Waals surface area contributed by atoms with E-state index >= 15 is 0 Å². The summed E-state index contributed by atoms with van der Waals surface area (Å²) in [5.41, 5.74) is 2.55. The normalized spacial score (nSPS) is 14.4. The van der Waals surface area contributed by atoms with Gasteiger partial charge in [0.25, 0.3) is 11.8 Å². The number of carbonyl (C=O) groups is 2. The number of amides is 2. The van der Waals surface area contributed by atoms with Crippen LogP contribution >= 0.6 is 24.0 Å². The first kappa shape index (κ1) is 24.4. The maximum Gasteiger partial charge on any atom is 0.270 e. The molecule has 178 valence electrons. The van der Waals surface area contributed by atoms with Gasteiger partial charge in [-0.3, -0.25) is 14.5 Å². The van der Waals surface area contributed by atoms with Gasteiger partial charge in [0.15, 0.2) is 22.4 Å². The van der Waals surface area contributed by atoms with Crippen molar-refractivity contribution in [2.75, 3.05) is 23.9 Å². The third kappa shape index (κ3) is 5.70. The number of hydrogen-bond acceptors (Lipinski definition) is 6. The van der Waals surface area contributed by atoms with E-state index in [-0.39, 0.29) is 22.5 Å². The van der Waals surface area contributed by atoms with E-state index in [1.54, 1.807) is 36.4 Å². The zero-order valence-corrected chi connectivity index (χ0v) is 20.5. The highest BCUT2D eigenvalue weighted by Crippen LogP contribution is 2.38. The van der Waals surface area contributed by atoms with Crippen LogP contribution in [0.25, 0.3) is 6.08 Å². The second-order valence-electron chi connectivity index (χ2n) is 7.58. The van der Waals surface area contributed by atoms with Gasteiger partial charge in [0.2, 0.25) is 0 Å². The van der Waals surface area contributed by atoms with E-state index in [9.17, 15) is 14.0 Å². The molecule has 0 atom stereocenters. The fraction of sp³-hybridized carbons (Fsp3) is 0.115. The van der Waals surface area contributed by atoms with Crippen LogP contribution in [0.15, 0.2) is 71.6 Å². The molecule has 2 amide bonds. The first-order valence-electron chi connectivity index (χ1n) is 10.6. The van der Waals surface area contributed by atoms with Crippen LogP contribution in [-0.2, 0) is 9.59 Å². The lowest BCUT2D eigenvalue weighted by Crippen LogP contribution is -2.28. The minimum Gasteiger partial charge on any atom is -0.493 e. The third-order valence-corrected chi connectivity index (χ3v) is 6.37. The van der Waals surface area contributed by atoms with Crippen LogP contribution < -0.4 is 19.7 Å². The van der Waals surface area contributed by atoms with Crippen LogP contribution in [0, 0.1) is 12.7 Å². The average molecular weight is 509 g/mol. The van der Waals surface area contributed by atoms with Gasteiger partial charge in [-0.05, 0) is 55.0 Å². The molecule has 35 heavy (non-hydrogen) atoms. The zero-order valence-electron chi connectivity index (χ0n) is 18.9. The third-order valence-electron chi connectivity index (χ3n) is 5.07. The van der Waals surface area contributed by atoms with Crippen LogP contribution in [0.4, 0.5) is 15.8 Å². The monoisotopic (exact) mass is 508 g/mol. The predicted molar refractivity (Wildman–Crippen MR) is 140 cm³/mol. The number of nitrogens with zero attached hydrogens (tertiary/aromatic N) is 1. The van der Waals surface area contributed by atoms with Gasteiger partial charge in [0.05, 0.1) is 17.7 Å². The van der Waals surface area contributed by atoms with Crippen molar-refractivity contribution in [2.24, 2.45) is 0 Å². The van der Waals surface area contributed by atoms with Crippen molar-refractivity contribution in [3.8, 4) is 11.5 Å². The van der Waals surface area contributed by atoms with Crippen LogP contribution in [0.5, 0.6) is 11.5 Å². The molecule has 0 radical (unpaired) electrons. The molecular formula is C26H21FN2O4S2. The number of thiocarbonyl (C=S) groups is 1. The molecule has 0 bridgehead atoms. The summed E-state index contributed by atoms with van der Waals surface area (Å²) < 4.78 is 25.5. The largest absolute Gasteiger partial charge is 0.493 e. The first-order chi connectivity index (χ1) is 16.9. The first-order valence-corrected chi connectivity index (χ1v) is 11.8. The van der Waals surface area contributed by atoms with Gasteiger partial charge in [-0.2, -0.15) is 0 Å². The van der Waals surface area contributed by atoms with Crippen molar-refractivity contribution in [1.29, 1.82) is 0 Å². The molecule has 0 aromatic heterocycles. The number of para-hydroxylation sites is 1. The average Bonchev–Trinajstić information content (AvgIpc) is 3.12. The highest BCUT2D eigenvalue weighted by Gasteiger charge is 2.34. The second kappa shape index (κ2) is 10.7. The molecule has 1 fully saturated rings. The molecule has 0 saturated carbocycles. The molecule has 1 aliphatic rings. The molecule has 0 aliphatic carbocycles. The van der Waals surface area contributed by atoms with E-state index in [1.165, 1.54) is 24.1 Å². The molecule has 1 saturated heterocycles. The molecule has 9 heteroatoms. The van der Waals surface area contributed by atoms with Crippen molar-refractivity contribution in [1.82, 2.24) is 0 Å². The number of benzene rings is 3. The molecule has 3 aromatic rings. The second-order valence-corrected chi connectivity index (χ2v) is 9.26. The van der Waals surface area contributed by atoms with Gasteiger partial charge in [0.1, 0.15) is 5.82 Å². The van der Waals surface area contributed by atoms with Gasteiger partial charge in [-0.25, -0.2) is 4.39 Å². The standard InChI is InChI=1S/C26H21FN2O4S2/c1-16-7-10-18(11-8-16)28-24(30)15-33-21-12-9-17(13-22(21)32-2)14-23-25(31)29(26(34)35-23)20-6-4-3-5-19(20)27/h3-14H,15H2,1-2H3,(H,28,30)/b23-14-. The van der Waals surface area contributed by atoms with E-state index in [0.29, 0.717) is 27.7 Å². The predicted octanol–water partition coefficient (Wildman–Crippen LogP) is 5.57. The lowest BCUT2D eigenvalue weighted by molar-refractivity contribution is -0.118. The number of anilines is 2. The maximum atomic E-state index is 14.2. The smallest absolute Gasteiger partial charge is 0.270 e. The molecule has 1 heterocycles. The van der Waals surface area contributed by atoms with Gasteiger partial charge < -0.3 is 14.8 Å². The summed E-state index contributed by atoms with van der Waals surface area (Å²) in [6.07, 6.45) is 1.65. The number of halogens is 1. The van der Waals surface area contributed by atoms with Gasteiger partial charge in [0, 0.05) is 5.69 Å². The Balaban J connectivity index is 1.46. The summed E-state index contributed by atoms with van der Waals surface area (Å²) in [6.45, 7) is 1.76. The molecule has 0 spiro atoms. The van der Waals surface area contributed by atoms with Crippen molar-refractivity contribution < 1.29 is 23.5 Å². The lowest BCUT2D eigenvalue weighted by Gasteiger charge is -2.15. The Bertz CT molecular complexity index is 1330. The fourth-order valence-electron chi connectivity index (χ4n) is 3.33. The molecule has 3 aromatic carbocycles. The lowest BCUT2D eigenvalue weighted by atomic mass is 10.1. The number of nitrogens with one attached hydrogen (secondary N) is 1. The SMILES string of the molecule is COc1cc(/C=C2\SC(=S)N(c3ccccc3F)C2=O)ccc1OCC(=O)Nc1ccc(C)cc1. The van der Waals surface area contributed by atoms with E-state index in [0.717, 1.165) is 17.3 Å². The molecule has 4 rings (SSSR count). The van der Waals surface area contributed by atoms with E-state index < -0.39 is 11.7 Å². The van der Waals surface area contributed by atoms with Crippen molar-refractivity contribution in [3.63, 3.8) is 0 Å². The Labute approximate surface area is 211 Å². The maximum absolute atomic E-state index is 14.2. The Morgan fingerprint density at radius 3 is 2.57 bits per heavy atom. The van der Waals surface area contributed by atoms with Crippen LogP contribution in [0.3, 0.4) is 0 Å². The van der Waals surface area contributed by atoms with Gasteiger partial charge in [-0.15, -0.1) is 0 Å². The van der Waals surface area contributed by atoms with Gasteiger partial charge >= 0.3 is 0 Å². The number of thioether (sulfide) groups is 1. The Kier molecular flexibility index (Phi) is 7.48. The summed E-state index contributed by atoms with van der Waals surface area (Å²) in [5.74, 6) is -0.470. The summed E-state index contributed by atoms with van der Waals surface area (Å²) >= 11 is 6.40. The number of hydrogen-bond donors (Lipinski definition) is 1. The number of ether oxygens (including phenoxy) is 2. The molecule has 1 N–H and O–H groups in total. The highest BCUT2D eigenvalue weighted by molar-refractivity contribution is 8.27. The quantitative estimate of drug-likeness (QED) is 0.333. The molecule has 0 unspecified atom stereocenters. The molecular weight excluding hydrogens is 487 g/mol. The summed E-state index contributed by atoms with van der Waals surface area (Å²) in [7, 11) is 1.48. The van der Waals surface area contributed by atoms with Crippen molar-refractivity contribution in [3.05, 3.63) is 88.6 Å². The Hall–Kier alpha value is -3.69. The van der Waals surface area contributed by atoms with E-state index in [1.807, 2.05) is 31.2 Å². The Morgan fingerprint density at radius 1 is 1.11 bits per heavy atom. The summed E-state index contributed by atoms with van der Waals surface area (Å²) in [6, 6.07) is 18.5. The Morgan fingerprint density at radius 2 is 1.86 bits per heavy atom. The topological polar surface area (TPSA) is 67.9 Å². The van der Waals surface area contributed by atoms with Gasteiger partial charge in [-0.1, -0.05) is 59.9 Å². The van der Waals surface area contributed by atoms with Crippen molar-refractivity contribution in [2.45, 2.75) is 6.92 Å². The highest BCUT2D eigenvalue weighted by atomic mass is 32.2. The van der Waals surface area contributed by atoms with Crippen LogP contribution in [0.1, 0.15) is 11.1 Å².